The average Bonchev–Trinajstić information content (AvgIpc) is 3.19. The molecule has 1 saturated heterocycles. The molecule has 0 spiro atoms. The van der Waals surface area contributed by atoms with Crippen LogP contribution in [0.5, 0.6) is 0 Å². The largest absolute Gasteiger partial charge is 0.445 e. The van der Waals surface area contributed by atoms with E-state index in [0.29, 0.717) is 31.0 Å². The Bertz CT molecular complexity index is 1130. The zero-order valence-corrected chi connectivity index (χ0v) is 20.5. The molecule has 0 bridgehead atoms. The number of aromatic nitrogens is 2. The van der Waals surface area contributed by atoms with Crippen LogP contribution in [0.4, 0.5) is 18.0 Å². The van der Waals surface area contributed by atoms with Crippen molar-refractivity contribution >= 4 is 23.6 Å². The molecule has 8 nitrogen and oxygen atoms in total. The summed E-state index contributed by atoms with van der Waals surface area (Å²) in [5.74, 6) is -0.152. The molecule has 0 N–H and O–H groups in total. The molecule has 2 amide bonds. The van der Waals surface area contributed by atoms with Crippen molar-refractivity contribution in [3.05, 3.63) is 51.8 Å². The molecule has 1 aromatic carbocycles. The van der Waals surface area contributed by atoms with Crippen molar-refractivity contribution in [1.82, 2.24) is 24.5 Å². The number of hydrogen-bond acceptors (Lipinski definition) is 5. The van der Waals surface area contributed by atoms with Crippen LogP contribution in [0.15, 0.2) is 24.3 Å². The van der Waals surface area contributed by atoms with E-state index < -0.39 is 17.8 Å². The number of amides is 2. The van der Waals surface area contributed by atoms with Gasteiger partial charge < -0.3 is 19.4 Å². The topological polar surface area (TPSA) is 70.9 Å². The third-order valence-electron chi connectivity index (χ3n) is 6.26. The first kappa shape index (κ1) is 25.3. The summed E-state index contributed by atoms with van der Waals surface area (Å²) in [4.78, 5) is 31.2. The molecular weight excluding hydrogens is 487 g/mol. The highest BCUT2D eigenvalue weighted by Crippen LogP contribution is 2.32. The van der Waals surface area contributed by atoms with Gasteiger partial charge >= 0.3 is 12.3 Å². The fourth-order valence-corrected chi connectivity index (χ4v) is 4.83. The van der Waals surface area contributed by atoms with Gasteiger partial charge in [0, 0.05) is 31.2 Å². The van der Waals surface area contributed by atoms with Crippen molar-refractivity contribution in [2.45, 2.75) is 45.3 Å². The normalized spacial score (nSPS) is 18.4. The third-order valence-corrected chi connectivity index (χ3v) is 6.48. The van der Waals surface area contributed by atoms with Crippen LogP contribution < -0.4 is 0 Å². The fraction of sp³-hybridized carbons (Fsp3) is 0.522. The molecule has 1 aromatic heterocycles. The molecule has 35 heavy (non-hydrogen) atoms. The molecule has 0 radical (unpaired) electrons. The van der Waals surface area contributed by atoms with Gasteiger partial charge in [-0.2, -0.15) is 18.3 Å². The summed E-state index contributed by atoms with van der Waals surface area (Å²) in [5.41, 5.74) is -0.0882. The molecule has 0 aliphatic carbocycles. The Balaban J connectivity index is 1.40. The second kappa shape index (κ2) is 9.34. The van der Waals surface area contributed by atoms with Crippen LogP contribution >= 0.6 is 11.6 Å². The lowest BCUT2D eigenvalue weighted by Crippen LogP contribution is -2.60. The standard InChI is InChI=1S/C23H27ClF3N5O3/c1-22(2)14-29(3)4-6-31(22)20(33)19-11-18-12-30(5-7-32(18)28-19)21(34)35-13-15-8-16(23(25,26)27)10-17(24)9-15/h8-11H,4-7,12-14H2,1-3H3. The van der Waals surface area contributed by atoms with Crippen molar-refractivity contribution in [3.8, 4) is 0 Å². The maximum absolute atomic E-state index is 13.2. The highest BCUT2D eigenvalue weighted by atomic mass is 35.5. The van der Waals surface area contributed by atoms with Crippen molar-refractivity contribution in [2.24, 2.45) is 0 Å². The Morgan fingerprint density at radius 3 is 2.54 bits per heavy atom. The van der Waals surface area contributed by atoms with Gasteiger partial charge in [0.2, 0.25) is 0 Å². The molecule has 1 fully saturated rings. The number of carbonyl (C=O) groups is 2. The van der Waals surface area contributed by atoms with Gasteiger partial charge in [-0.1, -0.05) is 11.6 Å². The highest BCUT2D eigenvalue weighted by Gasteiger charge is 2.37. The van der Waals surface area contributed by atoms with Crippen LogP contribution in [-0.4, -0.2) is 75.2 Å². The second-order valence-electron chi connectivity index (χ2n) is 9.57. The number of nitrogens with zero attached hydrogens (tertiary/aromatic N) is 5. The fourth-order valence-electron chi connectivity index (χ4n) is 4.57. The summed E-state index contributed by atoms with van der Waals surface area (Å²) >= 11 is 5.79. The number of ether oxygens (including phenoxy) is 1. The number of carbonyl (C=O) groups excluding carboxylic acids is 2. The number of piperazine rings is 1. The minimum atomic E-state index is -4.55. The third kappa shape index (κ3) is 5.56. The first-order valence-corrected chi connectivity index (χ1v) is 11.6. The van der Waals surface area contributed by atoms with Crippen LogP contribution in [0.25, 0.3) is 0 Å². The monoisotopic (exact) mass is 513 g/mol. The number of halogens is 4. The lowest BCUT2D eigenvalue weighted by atomic mass is 9.98. The highest BCUT2D eigenvalue weighted by molar-refractivity contribution is 6.30. The molecule has 0 saturated carbocycles. The van der Waals surface area contributed by atoms with E-state index in [2.05, 4.69) is 10.00 Å². The van der Waals surface area contributed by atoms with Crippen LogP contribution in [0, 0.1) is 0 Å². The van der Waals surface area contributed by atoms with Crippen LogP contribution in [0.3, 0.4) is 0 Å². The molecule has 2 aliphatic heterocycles. The summed E-state index contributed by atoms with van der Waals surface area (Å²) in [7, 11) is 2.02. The van der Waals surface area contributed by atoms with Gasteiger partial charge in [-0.15, -0.1) is 0 Å². The van der Waals surface area contributed by atoms with Crippen molar-refractivity contribution in [2.75, 3.05) is 33.2 Å². The van der Waals surface area contributed by atoms with Crippen molar-refractivity contribution < 1.29 is 27.5 Å². The van der Waals surface area contributed by atoms with Gasteiger partial charge in [-0.3, -0.25) is 9.48 Å². The first-order chi connectivity index (χ1) is 16.3. The number of hydrogen-bond donors (Lipinski definition) is 0. The number of benzene rings is 1. The number of rotatable bonds is 3. The van der Waals surface area contributed by atoms with Gasteiger partial charge in [0.1, 0.15) is 6.61 Å². The summed E-state index contributed by atoms with van der Waals surface area (Å²) in [6.45, 7) is 6.67. The molecule has 0 unspecified atom stereocenters. The lowest BCUT2D eigenvalue weighted by Gasteiger charge is -2.45. The summed E-state index contributed by atoms with van der Waals surface area (Å²) < 4.78 is 46.0. The van der Waals surface area contributed by atoms with E-state index >= 15 is 0 Å². The minimum absolute atomic E-state index is 0.0894. The lowest BCUT2D eigenvalue weighted by molar-refractivity contribution is -0.137. The molecule has 190 valence electrons. The van der Waals surface area contributed by atoms with E-state index in [4.69, 9.17) is 16.3 Å². The Morgan fingerprint density at radius 2 is 1.86 bits per heavy atom. The summed E-state index contributed by atoms with van der Waals surface area (Å²) in [6, 6.07) is 4.73. The van der Waals surface area contributed by atoms with Gasteiger partial charge in [-0.25, -0.2) is 4.79 Å². The van der Waals surface area contributed by atoms with E-state index in [9.17, 15) is 22.8 Å². The summed E-state index contributed by atoms with van der Waals surface area (Å²) in [5, 5.41) is 4.36. The Hall–Kier alpha value is -2.79. The zero-order chi connectivity index (χ0) is 25.5. The predicted octanol–water partition coefficient (Wildman–Crippen LogP) is 3.87. The van der Waals surface area contributed by atoms with Crippen molar-refractivity contribution in [3.63, 3.8) is 0 Å². The van der Waals surface area contributed by atoms with E-state index in [1.54, 1.807) is 10.7 Å². The number of alkyl halides is 3. The number of fused-ring (bicyclic) bond motifs is 1. The van der Waals surface area contributed by atoms with Crippen LogP contribution in [0.1, 0.15) is 41.2 Å². The van der Waals surface area contributed by atoms with Gasteiger partial charge in [0.05, 0.1) is 29.9 Å². The molecule has 2 aliphatic rings. The molecule has 2 aromatic rings. The van der Waals surface area contributed by atoms with Crippen LogP contribution in [-0.2, 0) is 30.6 Å². The Kier molecular flexibility index (Phi) is 6.76. The van der Waals surface area contributed by atoms with E-state index in [1.165, 1.54) is 11.0 Å². The maximum atomic E-state index is 13.2. The van der Waals surface area contributed by atoms with Gasteiger partial charge in [0.25, 0.3) is 5.91 Å². The SMILES string of the molecule is CN1CCN(C(=O)c2cc3n(n2)CCN(C(=O)OCc2cc(Cl)cc(C(F)(F)F)c2)C3)C(C)(C)C1. The second-order valence-corrected chi connectivity index (χ2v) is 10.0. The first-order valence-electron chi connectivity index (χ1n) is 11.2. The van der Waals surface area contributed by atoms with Crippen molar-refractivity contribution in [1.29, 1.82) is 0 Å². The molecule has 3 heterocycles. The molecule has 4 rings (SSSR count). The van der Waals surface area contributed by atoms with E-state index in [-0.39, 0.29) is 35.2 Å². The number of likely N-dealkylation sites (N-methyl/N-ethyl adjacent to an activating group) is 1. The average molecular weight is 514 g/mol. The molecule has 0 atom stereocenters. The smallest absolute Gasteiger partial charge is 0.416 e. The van der Waals surface area contributed by atoms with E-state index in [0.717, 1.165) is 25.2 Å². The predicted molar refractivity (Wildman–Crippen MR) is 122 cm³/mol. The van der Waals surface area contributed by atoms with Gasteiger partial charge in [0.15, 0.2) is 5.69 Å². The zero-order valence-electron chi connectivity index (χ0n) is 19.7. The Morgan fingerprint density at radius 1 is 1.11 bits per heavy atom. The van der Waals surface area contributed by atoms with E-state index in [1.807, 2.05) is 25.8 Å². The minimum Gasteiger partial charge on any atom is -0.445 e. The Labute approximate surface area is 206 Å². The molecular formula is C23H27ClF3N5O3. The molecule has 12 heteroatoms. The maximum Gasteiger partial charge on any atom is 0.416 e. The quantitative estimate of drug-likeness (QED) is 0.623. The summed E-state index contributed by atoms with van der Waals surface area (Å²) in [6.07, 6.45) is -5.22. The van der Waals surface area contributed by atoms with Gasteiger partial charge in [-0.05, 0) is 50.7 Å². The van der Waals surface area contributed by atoms with Crippen LogP contribution in [0.2, 0.25) is 5.02 Å².